The second kappa shape index (κ2) is 3.86. The first kappa shape index (κ1) is 11.1. The first-order valence-electron chi connectivity index (χ1n) is 4.80. The molecular weight excluding hydrogens is 224 g/mol. The SMILES string of the molecule is CC(=O)c1c(O)ccc2c(=O)cc(C=O)oc12. The van der Waals surface area contributed by atoms with Gasteiger partial charge in [0.05, 0.1) is 5.39 Å². The molecule has 0 saturated heterocycles. The number of phenols is 1. The summed E-state index contributed by atoms with van der Waals surface area (Å²) in [5, 5.41) is 9.71. The van der Waals surface area contributed by atoms with Crippen LogP contribution < -0.4 is 5.43 Å². The van der Waals surface area contributed by atoms with Crippen LogP contribution in [0.15, 0.2) is 27.4 Å². The topological polar surface area (TPSA) is 84.6 Å². The lowest BCUT2D eigenvalue weighted by atomic mass is 10.1. The number of benzene rings is 1. The van der Waals surface area contributed by atoms with E-state index in [0.29, 0.717) is 6.29 Å². The third-order valence-electron chi connectivity index (χ3n) is 2.36. The number of carbonyl (C=O) groups is 2. The van der Waals surface area contributed by atoms with Crippen LogP contribution >= 0.6 is 0 Å². The number of ketones is 1. The summed E-state index contributed by atoms with van der Waals surface area (Å²) in [6, 6.07) is 3.63. The average molecular weight is 232 g/mol. The molecule has 2 rings (SSSR count). The number of hydrogen-bond donors (Lipinski definition) is 1. The highest BCUT2D eigenvalue weighted by molar-refractivity contribution is 6.07. The van der Waals surface area contributed by atoms with Gasteiger partial charge in [0.25, 0.3) is 0 Å². The molecule has 0 bridgehead atoms. The average Bonchev–Trinajstić information content (AvgIpc) is 2.27. The van der Waals surface area contributed by atoms with Gasteiger partial charge in [-0.05, 0) is 19.1 Å². The van der Waals surface area contributed by atoms with Gasteiger partial charge in [-0.3, -0.25) is 14.4 Å². The zero-order chi connectivity index (χ0) is 12.6. The molecule has 1 heterocycles. The summed E-state index contributed by atoms with van der Waals surface area (Å²) in [5.74, 6) is -0.911. The van der Waals surface area contributed by atoms with E-state index in [1.807, 2.05) is 0 Å². The van der Waals surface area contributed by atoms with Crippen LogP contribution in [0.4, 0.5) is 0 Å². The lowest BCUT2D eigenvalue weighted by molar-refractivity contribution is 0.101. The minimum atomic E-state index is -0.445. The quantitative estimate of drug-likeness (QED) is 0.626. The molecule has 1 aromatic carbocycles. The molecule has 0 saturated carbocycles. The second-order valence-corrected chi connectivity index (χ2v) is 3.52. The van der Waals surface area contributed by atoms with Gasteiger partial charge in [-0.2, -0.15) is 0 Å². The Bertz CT molecular complexity index is 681. The molecule has 0 aliphatic carbocycles. The molecule has 1 aromatic heterocycles. The maximum Gasteiger partial charge on any atom is 0.193 e. The van der Waals surface area contributed by atoms with Crippen LogP contribution in [-0.2, 0) is 0 Å². The normalized spacial score (nSPS) is 10.4. The number of fused-ring (bicyclic) bond motifs is 1. The Hall–Kier alpha value is -2.43. The van der Waals surface area contributed by atoms with E-state index < -0.39 is 11.2 Å². The monoisotopic (exact) mass is 232 g/mol. The smallest absolute Gasteiger partial charge is 0.193 e. The van der Waals surface area contributed by atoms with E-state index in [1.54, 1.807) is 0 Å². The third kappa shape index (κ3) is 1.71. The lowest BCUT2D eigenvalue weighted by Gasteiger charge is -2.04. The zero-order valence-electron chi connectivity index (χ0n) is 8.89. The predicted octanol–water partition coefficient (Wildman–Crippen LogP) is 1.51. The molecule has 0 atom stereocenters. The van der Waals surface area contributed by atoms with Crippen molar-refractivity contribution >= 4 is 23.0 Å². The number of rotatable bonds is 2. The van der Waals surface area contributed by atoms with Crippen LogP contribution in [-0.4, -0.2) is 17.2 Å². The van der Waals surface area contributed by atoms with Crippen LogP contribution in [0.2, 0.25) is 0 Å². The van der Waals surface area contributed by atoms with Crippen molar-refractivity contribution in [3.8, 4) is 5.75 Å². The first-order valence-corrected chi connectivity index (χ1v) is 4.80. The number of phenolic OH excluding ortho intramolecular Hbond substituents is 1. The Morgan fingerprint density at radius 2 is 2.12 bits per heavy atom. The molecule has 0 fully saturated rings. The summed E-state index contributed by atoms with van der Waals surface area (Å²) in [6.07, 6.45) is 0.370. The fraction of sp³-hybridized carbons (Fsp3) is 0.0833. The molecule has 2 aromatic rings. The van der Waals surface area contributed by atoms with E-state index >= 15 is 0 Å². The molecule has 0 amide bonds. The Labute approximate surface area is 95.3 Å². The molecule has 0 spiro atoms. The lowest BCUT2D eigenvalue weighted by Crippen LogP contribution is -2.05. The van der Waals surface area contributed by atoms with E-state index in [9.17, 15) is 19.5 Å². The molecule has 0 aliphatic rings. The summed E-state index contributed by atoms with van der Waals surface area (Å²) in [6.45, 7) is 1.24. The Balaban J connectivity index is 3.02. The van der Waals surface area contributed by atoms with Crippen LogP contribution in [0.5, 0.6) is 5.75 Å². The van der Waals surface area contributed by atoms with Gasteiger partial charge in [0.15, 0.2) is 28.8 Å². The third-order valence-corrected chi connectivity index (χ3v) is 2.36. The molecule has 0 unspecified atom stereocenters. The van der Waals surface area contributed by atoms with Crippen LogP contribution in [0.1, 0.15) is 27.8 Å². The first-order chi connectivity index (χ1) is 8.04. The number of aldehydes is 1. The van der Waals surface area contributed by atoms with Crippen molar-refractivity contribution in [2.24, 2.45) is 0 Å². The summed E-state index contributed by atoms with van der Waals surface area (Å²) < 4.78 is 5.12. The Kier molecular flexibility index (Phi) is 2.51. The minimum Gasteiger partial charge on any atom is -0.507 e. The van der Waals surface area contributed by atoms with Crippen molar-refractivity contribution in [3.05, 3.63) is 39.7 Å². The van der Waals surface area contributed by atoms with E-state index in [-0.39, 0.29) is 28.0 Å². The number of Topliss-reactive ketones (excluding diaryl/α,β-unsaturated/α-hetero) is 1. The molecule has 86 valence electrons. The van der Waals surface area contributed by atoms with Crippen LogP contribution in [0.3, 0.4) is 0 Å². The number of hydrogen-bond acceptors (Lipinski definition) is 5. The minimum absolute atomic E-state index is 0.0629. The van der Waals surface area contributed by atoms with E-state index in [0.717, 1.165) is 6.07 Å². The van der Waals surface area contributed by atoms with Gasteiger partial charge < -0.3 is 9.52 Å². The summed E-state index contributed by atoms with van der Waals surface area (Å²) >= 11 is 0. The maximum absolute atomic E-state index is 11.6. The molecular formula is C12H8O5. The summed E-state index contributed by atoms with van der Waals surface area (Å²) in [7, 11) is 0. The van der Waals surface area contributed by atoms with E-state index in [2.05, 4.69) is 0 Å². The fourth-order valence-electron chi connectivity index (χ4n) is 1.62. The highest BCUT2D eigenvalue weighted by Gasteiger charge is 2.16. The van der Waals surface area contributed by atoms with Gasteiger partial charge in [0, 0.05) is 6.07 Å². The van der Waals surface area contributed by atoms with Crippen molar-refractivity contribution in [1.29, 1.82) is 0 Å². The fourth-order valence-corrected chi connectivity index (χ4v) is 1.62. The van der Waals surface area contributed by atoms with Gasteiger partial charge in [-0.25, -0.2) is 0 Å². The maximum atomic E-state index is 11.6. The van der Waals surface area contributed by atoms with Gasteiger partial charge in [0.1, 0.15) is 11.3 Å². The molecule has 17 heavy (non-hydrogen) atoms. The van der Waals surface area contributed by atoms with Gasteiger partial charge in [0.2, 0.25) is 0 Å². The van der Waals surface area contributed by atoms with Gasteiger partial charge in [-0.1, -0.05) is 0 Å². The number of aromatic hydroxyl groups is 1. The largest absolute Gasteiger partial charge is 0.507 e. The molecule has 5 heteroatoms. The van der Waals surface area contributed by atoms with Crippen molar-refractivity contribution in [3.63, 3.8) is 0 Å². The highest BCUT2D eigenvalue weighted by atomic mass is 16.3. The number of carbonyl (C=O) groups excluding carboxylic acids is 2. The molecule has 5 nitrogen and oxygen atoms in total. The summed E-state index contributed by atoms with van der Waals surface area (Å²) in [4.78, 5) is 33.6. The van der Waals surface area contributed by atoms with Crippen molar-refractivity contribution < 1.29 is 19.1 Å². The van der Waals surface area contributed by atoms with Crippen molar-refractivity contribution in [2.75, 3.05) is 0 Å². The van der Waals surface area contributed by atoms with Gasteiger partial charge >= 0.3 is 0 Å². The molecule has 0 radical (unpaired) electrons. The van der Waals surface area contributed by atoms with Crippen molar-refractivity contribution in [2.45, 2.75) is 6.92 Å². The molecule has 1 N–H and O–H groups in total. The Morgan fingerprint density at radius 3 is 2.71 bits per heavy atom. The second-order valence-electron chi connectivity index (χ2n) is 3.52. The highest BCUT2D eigenvalue weighted by Crippen LogP contribution is 2.26. The Morgan fingerprint density at radius 1 is 1.41 bits per heavy atom. The molecule has 0 aliphatic heterocycles. The zero-order valence-corrected chi connectivity index (χ0v) is 8.89. The standard InChI is InChI=1S/C12H8O5/c1-6(14)11-9(15)3-2-8-10(16)4-7(5-13)17-12(8)11/h2-5,15H,1H3. The van der Waals surface area contributed by atoms with Crippen molar-refractivity contribution in [1.82, 2.24) is 0 Å². The van der Waals surface area contributed by atoms with Gasteiger partial charge in [-0.15, -0.1) is 0 Å². The van der Waals surface area contributed by atoms with Crippen LogP contribution in [0, 0.1) is 0 Å². The predicted molar refractivity (Wildman–Crippen MR) is 59.5 cm³/mol. The van der Waals surface area contributed by atoms with Crippen LogP contribution in [0.25, 0.3) is 11.0 Å². The summed E-state index contributed by atoms with van der Waals surface area (Å²) in [5.41, 5.74) is -0.591. The van der Waals surface area contributed by atoms with E-state index in [1.165, 1.54) is 19.1 Å². The van der Waals surface area contributed by atoms with E-state index in [4.69, 9.17) is 4.42 Å².